The van der Waals surface area contributed by atoms with Gasteiger partial charge >= 0.3 is 0 Å². The van der Waals surface area contributed by atoms with Gasteiger partial charge < -0.3 is 9.15 Å². The number of hydrazine groups is 1. The number of hydrogen-bond donors (Lipinski definition) is 2. The molecule has 6 nitrogen and oxygen atoms in total. The lowest BCUT2D eigenvalue weighted by atomic mass is 10.2. The lowest BCUT2D eigenvalue weighted by molar-refractivity contribution is -0.125. The van der Waals surface area contributed by atoms with Crippen molar-refractivity contribution in [3.05, 3.63) is 23.2 Å². The van der Waals surface area contributed by atoms with E-state index in [0.29, 0.717) is 17.1 Å². The van der Waals surface area contributed by atoms with Crippen molar-refractivity contribution in [2.75, 3.05) is 13.7 Å². The van der Waals surface area contributed by atoms with Crippen molar-refractivity contribution >= 4 is 11.8 Å². The predicted octanol–water partition coefficient (Wildman–Crippen LogP) is 0.304. The highest BCUT2D eigenvalue weighted by Gasteiger charge is 2.13. The molecule has 0 spiro atoms. The molecule has 0 aliphatic rings. The fourth-order valence-corrected chi connectivity index (χ4v) is 1.22. The molecular formula is C10H14N2O4. The standard InChI is InChI=1S/C10H14N2O4/c1-6-4-8(7(2)16-6)10(14)12-11-9(13)5-15-3/h4H,5H2,1-3H3,(H,11,13)(H,12,14). The molecule has 0 radical (unpaired) electrons. The molecule has 2 N–H and O–H groups in total. The third-order valence-corrected chi connectivity index (χ3v) is 1.88. The lowest BCUT2D eigenvalue weighted by Crippen LogP contribution is -2.43. The maximum absolute atomic E-state index is 11.6. The Morgan fingerprint density at radius 3 is 2.56 bits per heavy atom. The Morgan fingerprint density at radius 2 is 2.06 bits per heavy atom. The van der Waals surface area contributed by atoms with Crippen LogP contribution in [0.1, 0.15) is 21.9 Å². The van der Waals surface area contributed by atoms with E-state index in [1.54, 1.807) is 19.9 Å². The first-order valence-electron chi connectivity index (χ1n) is 4.69. The van der Waals surface area contributed by atoms with Gasteiger partial charge in [-0.05, 0) is 19.9 Å². The fourth-order valence-electron chi connectivity index (χ4n) is 1.22. The van der Waals surface area contributed by atoms with Gasteiger partial charge in [0.2, 0.25) is 0 Å². The molecule has 88 valence electrons. The molecule has 1 rings (SSSR count). The number of ether oxygens (including phenoxy) is 1. The van der Waals surface area contributed by atoms with Crippen molar-refractivity contribution in [1.82, 2.24) is 10.9 Å². The van der Waals surface area contributed by atoms with E-state index in [1.165, 1.54) is 7.11 Å². The van der Waals surface area contributed by atoms with Crippen LogP contribution in [0.3, 0.4) is 0 Å². The van der Waals surface area contributed by atoms with Gasteiger partial charge in [0.05, 0.1) is 5.56 Å². The Labute approximate surface area is 92.9 Å². The fraction of sp³-hybridized carbons (Fsp3) is 0.400. The Bertz CT molecular complexity index is 398. The quantitative estimate of drug-likeness (QED) is 0.726. The monoisotopic (exact) mass is 226 g/mol. The van der Waals surface area contributed by atoms with Crippen LogP contribution in [0, 0.1) is 13.8 Å². The molecule has 0 atom stereocenters. The summed E-state index contributed by atoms with van der Waals surface area (Å²) in [5.41, 5.74) is 4.87. The number of methoxy groups -OCH3 is 1. The Balaban J connectivity index is 2.53. The third kappa shape index (κ3) is 3.09. The number of aryl methyl sites for hydroxylation is 2. The highest BCUT2D eigenvalue weighted by Crippen LogP contribution is 2.12. The first-order valence-corrected chi connectivity index (χ1v) is 4.69. The van der Waals surface area contributed by atoms with Crippen LogP contribution in [-0.4, -0.2) is 25.5 Å². The predicted molar refractivity (Wildman–Crippen MR) is 55.7 cm³/mol. The summed E-state index contributed by atoms with van der Waals surface area (Å²) in [7, 11) is 1.39. The van der Waals surface area contributed by atoms with Crippen LogP contribution in [0.4, 0.5) is 0 Å². The molecule has 0 saturated carbocycles. The summed E-state index contributed by atoms with van der Waals surface area (Å²) in [6.45, 7) is 3.32. The second-order valence-electron chi connectivity index (χ2n) is 3.26. The summed E-state index contributed by atoms with van der Waals surface area (Å²) in [6.07, 6.45) is 0. The van der Waals surface area contributed by atoms with Crippen molar-refractivity contribution in [3.63, 3.8) is 0 Å². The van der Waals surface area contributed by atoms with Crippen LogP contribution in [0.2, 0.25) is 0 Å². The number of furan rings is 1. The van der Waals surface area contributed by atoms with Gasteiger partial charge in [-0.15, -0.1) is 0 Å². The molecule has 0 aliphatic heterocycles. The van der Waals surface area contributed by atoms with E-state index in [2.05, 4.69) is 15.6 Å². The van der Waals surface area contributed by atoms with E-state index in [-0.39, 0.29) is 6.61 Å². The van der Waals surface area contributed by atoms with Gasteiger partial charge in [-0.1, -0.05) is 0 Å². The lowest BCUT2D eigenvalue weighted by Gasteiger charge is -2.05. The molecular weight excluding hydrogens is 212 g/mol. The number of amides is 2. The summed E-state index contributed by atoms with van der Waals surface area (Å²) in [5.74, 6) is 0.314. The van der Waals surface area contributed by atoms with Gasteiger partial charge in [0.15, 0.2) is 0 Å². The summed E-state index contributed by atoms with van der Waals surface area (Å²) in [6, 6.07) is 1.60. The molecule has 16 heavy (non-hydrogen) atoms. The zero-order valence-corrected chi connectivity index (χ0v) is 9.42. The van der Waals surface area contributed by atoms with Crippen molar-refractivity contribution in [2.24, 2.45) is 0 Å². The van der Waals surface area contributed by atoms with Gasteiger partial charge in [0.1, 0.15) is 18.1 Å². The molecule has 1 aromatic rings. The molecule has 6 heteroatoms. The van der Waals surface area contributed by atoms with E-state index in [4.69, 9.17) is 4.42 Å². The Hall–Kier alpha value is -1.82. The SMILES string of the molecule is COCC(=O)NNC(=O)c1cc(C)oc1C. The number of hydrogen-bond acceptors (Lipinski definition) is 4. The Morgan fingerprint density at radius 1 is 1.38 bits per heavy atom. The third-order valence-electron chi connectivity index (χ3n) is 1.88. The van der Waals surface area contributed by atoms with Crippen LogP contribution in [-0.2, 0) is 9.53 Å². The van der Waals surface area contributed by atoms with Crippen molar-refractivity contribution < 1.29 is 18.7 Å². The molecule has 0 saturated heterocycles. The molecule has 1 aromatic heterocycles. The first-order chi connectivity index (χ1) is 7.54. The van der Waals surface area contributed by atoms with Crippen molar-refractivity contribution in [3.8, 4) is 0 Å². The summed E-state index contributed by atoms with van der Waals surface area (Å²) < 4.78 is 9.78. The molecule has 1 heterocycles. The van der Waals surface area contributed by atoms with Crippen LogP contribution in [0.5, 0.6) is 0 Å². The average molecular weight is 226 g/mol. The van der Waals surface area contributed by atoms with E-state index in [0.717, 1.165) is 0 Å². The maximum Gasteiger partial charge on any atom is 0.273 e. The number of rotatable bonds is 3. The second-order valence-corrected chi connectivity index (χ2v) is 3.26. The first kappa shape index (κ1) is 12.3. The molecule has 0 aromatic carbocycles. The average Bonchev–Trinajstić information content (AvgIpc) is 2.55. The van der Waals surface area contributed by atoms with Crippen LogP contribution in [0.15, 0.2) is 10.5 Å². The molecule has 2 amide bonds. The molecule has 0 aliphatic carbocycles. The van der Waals surface area contributed by atoms with E-state index >= 15 is 0 Å². The summed E-state index contributed by atoms with van der Waals surface area (Å²) >= 11 is 0. The smallest absolute Gasteiger partial charge is 0.273 e. The largest absolute Gasteiger partial charge is 0.466 e. The topological polar surface area (TPSA) is 80.6 Å². The summed E-state index contributed by atoms with van der Waals surface area (Å²) in [4.78, 5) is 22.6. The van der Waals surface area contributed by atoms with Crippen LogP contribution < -0.4 is 10.9 Å². The zero-order chi connectivity index (χ0) is 12.1. The zero-order valence-electron chi connectivity index (χ0n) is 9.42. The van der Waals surface area contributed by atoms with E-state index < -0.39 is 11.8 Å². The number of nitrogens with one attached hydrogen (secondary N) is 2. The normalized spacial score (nSPS) is 9.94. The number of carbonyl (C=O) groups excluding carboxylic acids is 2. The molecule has 0 unspecified atom stereocenters. The van der Waals surface area contributed by atoms with Crippen molar-refractivity contribution in [2.45, 2.75) is 13.8 Å². The van der Waals surface area contributed by atoms with Crippen molar-refractivity contribution in [1.29, 1.82) is 0 Å². The van der Waals surface area contributed by atoms with Gasteiger partial charge in [-0.2, -0.15) is 0 Å². The Kier molecular flexibility index (Phi) is 4.07. The van der Waals surface area contributed by atoms with Gasteiger partial charge in [0.25, 0.3) is 11.8 Å². The van der Waals surface area contributed by atoms with Gasteiger partial charge in [0, 0.05) is 7.11 Å². The minimum Gasteiger partial charge on any atom is -0.466 e. The minimum atomic E-state index is -0.422. The van der Waals surface area contributed by atoms with Crippen LogP contribution >= 0.6 is 0 Å². The highest BCUT2D eigenvalue weighted by atomic mass is 16.5. The second kappa shape index (κ2) is 5.32. The van der Waals surface area contributed by atoms with Gasteiger partial charge in [-0.25, -0.2) is 0 Å². The van der Waals surface area contributed by atoms with Crippen LogP contribution in [0.25, 0.3) is 0 Å². The van der Waals surface area contributed by atoms with E-state index in [1.807, 2.05) is 0 Å². The molecule has 0 bridgehead atoms. The highest BCUT2D eigenvalue weighted by molar-refractivity contribution is 5.96. The van der Waals surface area contributed by atoms with E-state index in [9.17, 15) is 9.59 Å². The number of carbonyl (C=O) groups is 2. The summed E-state index contributed by atoms with van der Waals surface area (Å²) in [5, 5.41) is 0. The minimum absolute atomic E-state index is 0.107. The molecule has 0 fully saturated rings. The van der Waals surface area contributed by atoms with Gasteiger partial charge in [-0.3, -0.25) is 20.4 Å². The maximum atomic E-state index is 11.6.